The number of benzene rings is 1. The van der Waals surface area contributed by atoms with Crippen LogP contribution >= 0.6 is 0 Å². The zero-order chi connectivity index (χ0) is 15.0. The molecule has 3 aromatic rings. The second kappa shape index (κ2) is 4.56. The zero-order valence-corrected chi connectivity index (χ0v) is 10.3. The van der Waals surface area contributed by atoms with Crippen molar-refractivity contribution >= 4 is 11.2 Å². The average Bonchev–Trinajstić information content (AvgIpc) is 2.89. The first kappa shape index (κ1) is 13.1. The van der Waals surface area contributed by atoms with E-state index in [9.17, 15) is 13.2 Å². The number of rotatable bonds is 1. The van der Waals surface area contributed by atoms with Crippen LogP contribution in [0.3, 0.4) is 0 Å². The summed E-state index contributed by atoms with van der Waals surface area (Å²) >= 11 is 0. The van der Waals surface area contributed by atoms with Crippen LogP contribution in [0.1, 0.15) is 11.4 Å². The summed E-state index contributed by atoms with van der Waals surface area (Å²) in [6, 6.07) is 8.38. The maximum Gasteiger partial charge on any atom is 0.451 e. The Kier molecular flexibility index (Phi) is 2.83. The van der Waals surface area contributed by atoms with Gasteiger partial charge in [0.25, 0.3) is 0 Å². The van der Waals surface area contributed by atoms with E-state index in [1.165, 1.54) is 17.0 Å². The minimum Gasteiger partial charge on any atom is -0.283 e. The van der Waals surface area contributed by atoms with Crippen LogP contribution in [0.15, 0.2) is 36.8 Å². The van der Waals surface area contributed by atoms with Crippen molar-refractivity contribution in [2.24, 2.45) is 0 Å². The van der Waals surface area contributed by atoms with Gasteiger partial charge in [-0.25, -0.2) is 15.0 Å². The number of imidazole rings is 1. The molecule has 0 amide bonds. The lowest BCUT2D eigenvalue weighted by Crippen LogP contribution is -2.11. The summed E-state index contributed by atoms with van der Waals surface area (Å²) in [4.78, 5) is 10.7. The van der Waals surface area contributed by atoms with Gasteiger partial charge in [-0.1, -0.05) is 6.07 Å². The minimum atomic E-state index is -4.63. The van der Waals surface area contributed by atoms with Gasteiger partial charge in [0.1, 0.15) is 11.8 Å². The van der Waals surface area contributed by atoms with Crippen LogP contribution in [0, 0.1) is 11.3 Å². The highest BCUT2D eigenvalue weighted by molar-refractivity contribution is 5.72. The fourth-order valence-electron chi connectivity index (χ4n) is 1.86. The molecule has 0 unspecified atom stereocenters. The number of alkyl halides is 3. The average molecular weight is 289 g/mol. The Labute approximate surface area is 116 Å². The molecule has 0 N–H and O–H groups in total. The molecular weight excluding hydrogens is 283 g/mol. The third-order valence-corrected chi connectivity index (χ3v) is 2.80. The molecule has 0 radical (unpaired) electrons. The molecule has 0 fully saturated rings. The second-order valence-corrected chi connectivity index (χ2v) is 4.18. The molecule has 2 aromatic heterocycles. The number of halogens is 3. The van der Waals surface area contributed by atoms with E-state index in [-0.39, 0.29) is 11.2 Å². The fourth-order valence-corrected chi connectivity index (χ4v) is 1.86. The number of hydrogen-bond donors (Lipinski definition) is 0. The fraction of sp³-hybridized carbons (Fsp3) is 0.0769. The van der Waals surface area contributed by atoms with Crippen molar-refractivity contribution in [3.05, 3.63) is 48.2 Å². The van der Waals surface area contributed by atoms with Crippen molar-refractivity contribution in [3.63, 3.8) is 0 Å². The Morgan fingerprint density at radius 2 is 2.00 bits per heavy atom. The van der Waals surface area contributed by atoms with Crippen molar-refractivity contribution in [1.82, 2.24) is 19.5 Å². The van der Waals surface area contributed by atoms with Crippen LogP contribution < -0.4 is 0 Å². The Morgan fingerprint density at radius 1 is 1.19 bits per heavy atom. The molecule has 0 aliphatic heterocycles. The van der Waals surface area contributed by atoms with Gasteiger partial charge >= 0.3 is 6.18 Å². The van der Waals surface area contributed by atoms with Crippen LogP contribution in [0.2, 0.25) is 0 Å². The number of nitrogens with zero attached hydrogens (tertiary/aromatic N) is 5. The molecule has 5 nitrogen and oxygen atoms in total. The smallest absolute Gasteiger partial charge is 0.283 e. The molecule has 0 bridgehead atoms. The molecule has 1 aromatic carbocycles. The highest BCUT2D eigenvalue weighted by atomic mass is 19.4. The summed E-state index contributed by atoms with van der Waals surface area (Å²) in [5.74, 6) is -1.23. The van der Waals surface area contributed by atoms with Gasteiger partial charge in [0.05, 0.1) is 17.8 Å². The van der Waals surface area contributed by atoms with Gasteiger partial charge < -0.3 is 0 Å². The minimum absolute atomic E-state index is 0.0346. The first-order chi connectivity index (χ1) is 9.99. The van der Waals surface area contributed by atoms with Crippen molar-refractivity contribution in [3.8, 4) is 11.8 Å². The maximum absolute atomic E-state index is 12.7. The largest absolute Gasteiger partial charge is 0.451 e. The maximum atomic E-state index is 12.7. The third kappa shape index (κ3) is 2.29. The first-order valence-electron chi connectivity index (χ1n) is 5.77. The van der Waals surface area contributed by atoms with Gasteiger partial charge in [-0.2, -0.15) is 18.4 Å². The molecule has 0 atom stereocenters. The number of aromatic nitrogens is 4. The van der Waals surface area contributed by atoms with Gasteiger partial charge in [-0.15, -0.1) is 0 Å². The van der Waals surface area contributed by atoms with Gasteiger partial charge in [0, 0.05) is 5.69 Å². The van der Waals surface area contributed by atoms with Crippen molar-refractivity contribution in [1.29, 1.82) is 5.26 Å². The van der Waals surface area contributed by atoms with Gasteiger partial charge in [0.2, 0.25) is 5.82 Å². The van der Waals surface area contributed by atoms with Gasteiger partial charge in [-0.05, 0) is 18.2 Å². The Morgan fingerprint density at radius 3 is 2.71 bits per heavy atom. The van der Waals surface area contributed by atoms with E-state index in [1.54, 1.807) is 18.2 Å². The summed E-state index contributed by atoms with van der Waals surface area (Å²) in [6.07, 6.45) is -2.26. The van der Waals surface area contributed by atoms with Crippen molar-refractivity contribution in [2.45, 2.75) is 6.18 Å². The van der Waals surface area contributed by atoms with Crippen LogP contribution in [-0.2, 0) is 6.18 Å². The van der Waals surface area contributed by atoms with E-state index in [1.807, 2.05) is 6.07 Å². The lowest BCUT2D eigenvalue weighted by molar-refractivity contribution is -0.144. The molecule has 0 aliphatic rings. The first-order valence-corrected chi connectivity index (χ1v) is 5.77. The summed E-state index contributed by atoms with van der Waals surface area (Å²) in [5, 5.41) is 8.87. The highest BCUT2D eigenvalue weighted by Gasteiger charge is 2.35. The lowest BCUT2D eigenvalue weighted by Gasteiger charge is -2.06. The zero-order valence-electron chi connectivity index (χ0n) is 10.3. The summed E-state index contributed by atoms with van der Waals surface area (Å²) in [6.45, 7) is 0. The molecule has 104 valence electrons. The molecular formula is C13H6F3N5. The van der Waals surface area contributed by atoms with E-state index in [0.717, 1.165) is 6.20 Å². The van der Waals surface area contributed by atoms with Crippen LogP contribution in [0.5, 0.6) is 0 Å². The molecule has 0 spiro atoms. The number of fused-ring (bicyclic) bond motifs is 1. The molecule has 8 heteroatoms. The summed E-state index contributed by atoms with van der Waals surface area (Å²) in [7, 11) is 0. The topological polar surface area (TPSA) is 67.4 Å². The Hall–Kier alpha value is -2.95. The normalized spacial score (nSPS) is 11.5. The van der Waals surface area contributed by atoms with Crippen LogP contribution in [0.4, 0.5) is 13.2 Å². The summed E-state index contributed by atoms with van der Waals surface area (Å²) in [5.41, 5.74) is 1.17. The molecule has 0 saturated carbocycles. The highest BCUT2D eigenvalue weighted by Crippen LogP contribution is 2.27. The number of hydrogen-bond acceptors (Lipinski definition) is 4. The molecule has 2 heterocycles. The monoisotopic (exact) mass is 289 g/mol. The van der Waals surface area contributed by atoms with E-state index in [2.05, 4.69) is 15.0 Å². The summed E-state index contributed by atoms with van der Waals surface area (Å²) < 4.78 is 39.4. The van der Waals surface area contributed by atoms with Crippen molar-refractivity contribution in [2.75, 3.05) is 0 Å². The molecule has 21 heavy (non-hydrogen) atoms. The second-order valence-electron chi connectivity index (χ2n) is 4.18. The SMILES string of the molecule is N#Cc1cccc(-n2cnc3cnc(C(F)(F)F)nc32)c1. The van der Waals surface area contributed by atoms with E-state index >= 15 is 0 Å². The lowest BCUT2D eigenvalue weighted by atomic mass is 10.2. The van der Waals surface area contributed by atoms with E-state index in [4.69, 9.17) is 5.26 Å². The standard InChI is InChI=1S/C13H6F3N5/c14-13(15,16)12-18-6-10-11(20-12)21(7-19-10)9-3-1-2-8(4-9)5-17/h1-4,6-7H. The van der Waals surface area contributed by atoms with Gasteiger partial charge in [0.15, 0.2) is 5.65 Å². The Bertz CT molecular complexity index is 860. The van der Waals surface area contributed by atoms with Crippen LogP contribution in [0.25, 0.3) is 16.9 Å². The van der Waals surface area contributed by atoms with E-state index in [0.29, 0.717) is 11.3 Å². The quantitative estimate of drug-likeness (QED) is 0.690. The predicted molar refractivity (Wildman–Crippen MR) is 66.4 cm³/mol. The van der Waals surface area contributed by atoms with Crippen molar-refractivity contribution < 1.29 is 13.2 Å². The number of nitriles is 1. The van der Waals surface area contributed by atoms with Gasteiger partial charge in [-0.3, -0.25) is 4.57 Å². The Balaban J connectivity index is 2.21. The molecule has 0 saturated heterocycles. The van der Waals surface area contributed by atoms with Crippen LogP contribution in [-0.4, -0.2) is 19.5 Å². The third-order valence-electron chi connectivity index (χ3n) is 2.80. The molecule has 0 aliphatic carbocycles. The predicted octanol–water partition coefficient (Wildman–Crippen LogP) is 2.71. The van der Waals surface area contributed by atoms with E-state index < -0.39 is 12.0 Å². The molecule has 3 rings (SSSR count).